The molecular weight excluding hydrogens is 684 g/mol. The number of carbonyl (C=O) groups is 4. The second-order valence-electron chi connectivity index (χ2n) is 13.5. The van der Waals surface area contributed by atoms with Gasteiger partial charge in [-0.25, -0.2) is 0 Å². The molecule has 6 aromatic rings. The summed E-state index contributed by atoms with van der Waals surface area (Å²) in [4.78, 5) is 59.8. The second-order valence-corrected chi connectivity index (χ2v) is 13.5. The van der Waals surface area contributed by atoms with Crippen molar-refractivity contribution in [1.82, 2.24) is 19.8 Å². The van der Waals surface area contributed by atoms with Gasteiger partial charge in [0.1, 0.15) is 0 Å². The van der Waals surface area contributed by atoms with Crippen molar-refractivity contribution in [2.45, 2.75) is 51.4 Å². The van der Waals surface area contributed by atoms with E-state index in [0.717, 1.165) is 64.4 Å². The highest BCUT2D eigenvalue weighted by Gasteiger charge is 2.25. The minimum atomic E-state index is -0.520. The Balaban J connectivity index is 0.000000167. The van der Waals surface area contributed by atoms with Gasteiger partial charge in [0.15, 0.2) is 0 Å². The number of anilines is 1. The maximum atomic E-state index is 12.4. The highest BCUT2D eigenvalue weighted by molar-refractivity contribution is 5.99. The number of carbonyl (C=O) groups excluding carboxylic acids is 4. The van der Waals surface area contributed by atoms with Crippen LogP contribution in [0.15, 0.2) is 97.1 Å². The molecule has 2 aliphatic rings. The molecule has 0 fully saturated rings. The van der Waals surface area contributed by atoms with E-state index in [1.807, 2.05) is 51.6 Å². The fourth-order valence-corrected chi connectivity index (χ4v) is 7.66. The molecule has 12 nitrogen and oxygen atoms in total. The number of nitro groups is 1. The highest BCUT2D eigenvalue weighted by atomic mass is 16.6. The first-order chi connectivity index (χ1) is 26.2. The molecule has 0 unspecified atom stereocenters. The molecule has 8 rings (SSSR count). The van der Waals surface area contributed by atoms with Gasteiger partial charge in [0, 0.05) is 77.0 Å². The Morgan fingerprint density at radius 2 is 1.13 bits per heavy atom. The summed E-state index contributed by atoms with van der Waals surface area (Å²) < 4.78 is 3.68. The zero-order valence-corrected chi connectivity index (χ0v) is 29.7. The molecule has 54 heavy (non-hydrogen) atoms. The summed E-state index contributed by atoms with van der Waals surface area (Å²) in [6.45, 7) is 0.902. The molecular formula is C42H40N6O6. The van der Waals surface area contributed by atoms with Crippen molar-refractivity contribution in [2.24, 2.45) is 0 Å². The third-order valence-corrected chi connectivity index (χ3v) is 10.1. The number of nitro benzene ring substituents is 1. The first kappa shape index (κ1) is 35.8. The Labute approximate surface area is 311 Å². The topological polar surface area (TPSA) is 171 Å². The van der Waals surface area contributed by atoms with Crippen LogP contribution in [-0.4, -0.2) is 50.8 Å². The predicted octanol–water partition coefficient (Wildman–Crippen LogP) is 6.67. The number of amides is 2. The van der Waals surface area contributed by atoms with E-state index in [-0.39, 0.29) is 34.9 Å². The molecule has 0 saturated heterocycles. The fourth-order valence-electron chi connectivity index (χ4n) is 7.66. The largest absolute Gasteiger partial charge is 0.399 e. The number of nitrogen functional groups attached to an aromatic ring is 1. The molecule has 2 aliphatic heterocycles. The van der Waals surface area contributed by atoms with Crippen molar-refractivity contribution in [3.8, 4) is 0 Å². The van der Waals surface area contributed by atoms with Crippen molar-refractivity contribution in [3.63, 3.8) is 0 Å². The van der Waals surface area contributed by atoms with Gasteiger partial charge in [0.05, 0.1) is 16.0 Å². The minimum absolute atomic E-state index is 0.112. The average molecular weight is 725 g/mol. The SMILES string of the molecule is Nc1cccc(C(=O)NCCc2c3n(c4ccccc24)C(=O)CCC3)c1.O=C(NCCc1c2n(c3ccccc13)C(=O)CCC2)c1cccc([N+](=O)[O-])c1. The molecule has 4 heterocycles. The van der Waals surface area contributed by atoms with Gasteiger partial charge < -0.3 is 16.4 Å². The standard InChI is InChI=1S/C21H19N3O4.C21H21N3O2/c25-20-10-4-9-19-17(16-7-1-2-8-18(16)23(19)20)11-12-22-21(26)14-5-3-6-15(13-14)24(27)28;22-15-6-3-5-14(13-15)21(26)23-12-11-17-16-7-1-2-8-18(16)24-19(17)9-4-10-20(24)25/h1-3,5-8,13H,4,9-12H2,(H,22,26);1-3,5-8,13H,4,9-12,22H2,(H,23,26). The molecule has 12 heteroatoms. The summed E-state index contributed by atoms with van der Waals surface area (Å²) in [6.07, 6.45) is 5.90. The van der Waals surface area contributed by atoms with E-state index < -0.39 is 4.92 Å². The van der Waals surface area contributed by atoms with E-state index >= 15 is 0 Å². The van der Waals surface area contributed by atoms with Crippen molar-refractivity contribution in [2.75, 3.05) is 18.8 Å². The van der Waals surface area contributed by atoms with Gasteiger partial charge in [-0.1, -0.05) is 48.5 Å². The molecule has 4 N–H and O–H groups in total. The van der Waals surface area contributed by atoms with Crippen molar-refractivity contribution in [3.05, 3.63) is 141 Å². The number of benzene rings is 4. The van der Waals surface area contributed by atoms with Gasteiger partial charge in [-0.15, -0.1) is 0 Å². The van der Waals surface area contributed by atoms with Crippen molar-refractivity contribution >= 4 is 56.8 Å². The summed E-state index contributed by atoms with van der Waals surface area (Å²) in [6, 6.07) is 28.5. The number of nitrogens with one attached hydrogen (secondary N) is 2. The zero-order chi connectivity index (χ0) is 37.8. The van der Waals surface area contributed by atoms with E-state index in [0.29, 0.717) is 50.0 Å². The number of nitrogens with zero attached hydrogens (tertiary/aromatic N) is 3. The smallest absolute Gasteiger partial charge is 0.270 e. The Morgan fingerprint density at radius 3 is 1.63 bits per heavy atom. The average Bonchev–Trinajstić information content (AvgIpc) is 3.69. The van der Waals surface area contributed by atoms with E-state index in [4.69, 9.17) is 5.73 Å². The number of para-hydroxylation sites is 2. The molecule has 0 saturated carbocycles. The van der Waals surface area contributed by atoms with Gasteiger partial charge in [-0.2, -0.15) is 0 Å². The summed E-state index contributed by atoms with van der Waals surface area (Å²) in [5.41, 5.74) is 13.3. The highest BCUT2D eigenvalue weighted by Crippen LogP contribution is 2.32. The number of nitrogens with two attached hydrogens (primary N) is 1. The van der Waals surface area contributed by atoms with Gasteiger partial charge in [-0.3, -0.25) is 38.4 Å². The van der Waals surface area contributed by atoms with Gasteiger partial charge in [0.25, 0.3) is 17.5 Å². The van der Waals surface area contributed by atoms with E-state index in [1.54, 1.807) is 30.3 Å². The molecule has 2 amide bonds. The Morgan fingerprint density at radius 1 is 0.648 bits per heavy atom. The van der Waals surface area contributed by atoms with Crippen LogP contribution < -0.4 is 16.4 Å². The lowest BCUT2D eigenvalue weighted by Gasteiger charge is -2.16. The quantitative estimate of drug-likeness (QED) is 0.0849. The molecule has 0 atom stereocenters. The maximum Gasteiger partial charge on any atom is 0.270 e. The van der Waals surface area contributed by atoms with Crippen LogP contribution in [0, 0.1) is 10.1 Å². The van der Waals surface area contributed by atoms with Crippen molar-refractivity contribution in [1.29, 1.82) is 0 Å². The molecule has 0 bridgehead atoms. The minimum Gasteiger partial charge on any atom is -0.399 e. The van der Waals surface area contributed by atoms with Crippen LogP contribution >= 0.6 is 0 Å². The van der Waals surface area contributed by atoms with Crippen LogP contribution in [-0.2, 0) is 25.7 Å². The monoisotopic (exact) mass is 724 g/mol. The van der Waals surface area contributed by atoms with Crippen LogP contribution in [0.25, 0.3) is 21.8 Å². The molecule has 274 valence electrons. The lowest BCUT2D eigenvalue weighted by molar-refractivity contribution is -0.384. The zero-order valence-electron chi connectivity index (χ0n) is 29.7. The first-order valence-electron chi connectivity index (χ1n) is 18.2. The molecule has 2 aromatic heterocycles. The Hall–Kier alpha value is -6.56. The second kappa shape index (κ2) is 15.6. The predicted molar refractivity (Wildman–Crippen MR) is 207 cm³/mol. The van der Waals surface area contributed by atoms with Crippen LogP contribution in [0.1, 0.15) is 78.5 Å². The van der Waals surface area contributed by atoms with Gasteiger partial charge in [-0.05, 0) is 86.1 Å². The lowest BCUT2D eigenvalue weighted by Crippen LogP contribution is -2.26. The summed E-state index contributed by atoms with van der Waals surface area (Å²) in [7, 11) is 0. The number of non-ortho nitro benzene ring substituents is 1. The normalized spacial score (nSPS) is 13.5. The van der Waals surface area contributed by atoms with Gasteiger partial charge in [0.2, 0.25) is 11.8 Å². The van der Waals surface area contributed by atoms with Crippen LogP contribution in [0.4, 0.5) is 11.4 Å². The Kier molecular flexibility index (Phi) is 10.3. The van der Waals surface area contributed by atoms with Gasteiger partial charge >= 0.3 is 0 Å². The third-order valence-electron chi connectivity index (χ3n) is 10.1. The summed E-state index contributed by atoms with van der Waals surface area (Å²) in [5.74, 6) is -0.204. The lowest BCUT2D eigenvalue weighted by atomic mass is 10.0. The number of fused-ring (bicyclic) bond motifs is 6. The molecule has 0 radical (unpaired) electrons. The third kappa shape index (κ3) is 7.23. The van der Waals surface area contributed by atoms with Crippen molar-refractivity contribution < 1.29 is 24.1 Å². The van der Waals surface area contributed by atoms with Crippen LogP contribution in [0.2, 0.25) is 0 Å². The van der Waals surface area contributed by atoms with E-state index in [9.17, 15) is 29.3 Å². The molecule has 4 aromatic carbocycles. The van der Waals surface area contributed by atoms with E-state index in [2.05, 4.69) is 16.7 Å². The fraction of sp³-hybridized carbons (Fsp3) is 0.238. The first-order valence-corrected chi connectivity index (χ1v) is 18.2. The van der Waals surface area contributed by atoms with Crippen LogP contribution in [0.3, 0.4) is 0 Å². The molecule has 0 spiro atoms. The summed E-state index contributed by atoms with van der Waals surface area (Å²) in [5, 5.41) is 18.8. The number of hydrogen-bond acceptors (Lipinski definition) is 7. The van der Waals surface area contributed by atoms with Crippen LogP contribution in [0.5, 0.6) is 0 Å². The number of rotatable bonds is 9. The molecule has 0 aliphatic carbocycles. The van der Waals surface area contributed by atoms with E-state index in [1.165, 1.54) is 23.8 Å². The maximum absolute atomic E-state index is 12.4. The summed E-state index contributed by atoms with van der Waals surface area (Å²) >= 11 is 0. The Bertz CT molecular complexity index is 2440. The number of aromatic nitrogens is 2. The number of hydrogen-bond donors (Lipinski definition) is 3.